The summed E-state index contributed by atoms with van der Waals surface area (Å²) < 4.78 is 13.2. The van der Waals surface area contributed by atoms with Gasteiger partial charge in [0, 0.05) is 11.4 Å². The van der Waals surface area contributed by atoms with Gasteiger partial charge in [0.1, 0.15) is 5.82 Å². The Morgan fingerprint density at radius 2 is 1.79 bits per heavy atom. The fourth-order valence-electron chi connectivity index (χ4n) is 2.09. The van der Waals surface area contributed by atoms with Crippen molar-refractivity contribution in [1.29, 1.82) is 0 Å². The highest BCUT2D eigenvalue weighted by Crippen LogP contribution is 2.22. The van der Waals surface area contributed by atoms with E-state index >= 15 is 0 Å². The van der Waals surface area contributed by atoms with E-state index in [-0.39, 0.29) is 11.0 Å². The van der Waals surface area contributed by atoms with Crippen molar-refractivity contribution >= 4 is 34.7 Å². The maximum absolute atomic E-state index is 13.2. The summed E-state index contributed by atoms with van der Waals surface area (Å²) >= 11 is 5.76. The first-order chi connectivity index (χ1) is 11.6. The van der Waals surface area contributed by atoms with Gasteiger partial charge in [-0.2, -0.15) is 10.1 Å². The summed E-state index contributed by atoms with van der Waals surface area (Å²) in [6.45, 7) is 2.11. The van der Waals surface area contributed by atoms with Crippen LogP contribution in [0.4, 0.5) is 27.5 Å². The van der Waals surface area contributed by atoms with E-state index in [2.05, 4.69) is 44.9 Å². The van der Waals surface area contributed by atoms with E-state index in [0.717, 1.165) is 12.1 Å². The Morgan fingerprint density at radius 1 is 1.04 bits per heavy atom. The van der Waals surface area contributed by atoms with Crippen LogP contribution in [0.15, 0.2) is 48.7 Å². The van der Waals surface area contributed by atoms with Gasteiger partial charge in [-0.05, 0) is 42.3 Å². The molecule has 0 atom stereocenters. The lowest BCUT2D eigenvalue weighted by atomic mass is 10.1. The molecule has 0 radical (unpaired) electrons. The Hall–Kier alpha value is -2.73. The van der Waals surface area contributed by atoms with Crippen LogP contribution >= 0.6 is 11.6 Å². The molecule has 3 rings (SSSR count). The van der Waals surface area contributed by atoms with Gasteiger partial charge in [-0.25, -0.2) is 4.39 Å². The van der Waals surface area contributed by atoms with Crippen molar-refractivity contribution in [3.63, 3.8) is 0 Å². The zero-order chi connectivity index (χ0) is 16.9. The van der Waals surface area contributed by atoms with E-state index in [4.69, 9.17) is 11.6 Å². The molecule has 1 heterocycles. The third-order valence-corrected chi connectivity index (χ3v) is 3.66. The fourth-order valence-corrected chi connectivity index (χ4v) is 2.27. The smallest absolute Gasteiger partial charge is 0.249 e. The van der Waals surface area contributed by atoms with E-state index in [1.807, 2.05) is 12.1 Å². The van der Waals surface area contributed by atoms with Crippen LogP contribution in [0.25, 0.3) is 0 Å². The van der Waals surface area contributed by atoms with Crippen molar-refractivity contribution in [2.24, 2.45) is 0 Å². The fraction of sp³-hybridized carbons (Fsp3) is 0.118. The van der Waals surface area contributed by atoms with Crippen molar-refractivity contribution < 1.29 is 4.39 Å². The highest BCUT2D eigenvalue weighted by Gasteiger charge is 2.05. The van der Waals surface area contributed by atoms with Crippen LogP contribution in [-0.2, 0) is 6.42 Å². The molecule has 2 aromatic carbocycles. The summed E-state index contributed by atoms with van der Waals surface area (Å²) in [6, 6.07) is 12.3. The number of hydrogen-bond donors (Lipinski definition) is 2. The number of nitrogens with zero attached hydrogens (tertiary/aromatic N) is 3. The molecule has 0 amide bonds. The first-order valence-electron chi connectivity index (χ1n) is 7.42. The molecular weight excluding hydrogens is 329 g/mol. The van der Waals surface area contributed by atoms with Crippen LogP contribution in [0.2, 0.25) is 5.02 Å². The Bertz CT molecular complexity index is 839. The SMILES string of the molecule is CCc1ccc(Nc2cnnc(Nc3ccc(F)c(Cl)c3)n2)cc1. The lowest BCUT2D eigenvalue weighted by Gasteiger charge is -2.08. The molecule has 24 heavy (non-hydrogen) atoms. The molecular formula is C17H15ClFN5. The number of halogens is 2. The lowest BCUT2D eigenvalue weighted by molar-refractivity contribution is 0.628. The maximum atomic E-state index is 13.2. The predicted molar refractivity (Wildman–Crippen MR) is 93.6 cm³/mol. The minimum Gasteiger partial charge on any atom is -0.339 e. The zero-order valence-corrected chi connectivity index (χ0v) is 13.7. The second-order valence-electron chi connectivity index (χ2n) is 5.09. The van der Waals surface area contributed by atoms with Crippen molar-refractivity contribution in [1.82, 2.24) is 15.2 Å². The van der Waals surface area contributed by atoms with Gasteiger partial charge in [-0.15, -0.1) is 5.10 Å². The van der Waals surface area contributed by atoms with Crippen LogP contribution in [0.5, 0.6) is 0 Å². The van der Waals surface area contributed by atoms with Crippen molar-refractivity contribution in [2.75, 3.05) is 10.6 Å². The first-order valence-corrected chi connectivity index (χ1v) is 7.79. The molecule has 3 aromatic rings. The van der Waals surface area contributed by atoms with Gasteiger partial charge < -0.3 is 10.6 Å². The molecule has 0 aliphatic heterocycles. The van der Waals surface area contributed by atoms with Crippen molar-refractivity contribution in [2.45, 2.75) is 13.3 Å². The van der Waals surface area contributed by atoms with Crippen molar-refractivity contribution in [3.05, 3.63) is 65.1 Å². The number of rotatable bonds is 5. The summed E-state index contributed by atoms with van der Waals surface area (Å²) in [5.74, 6) is 0.352. The molecule has 0 aliphatic carbocycles. The second-order valence-corrected chi connectivity index (χ2v) is 5.50. The molecule has 1 aromatic heterocycles. The normalized spacial score (nSPS) is 10.5. The van der Waals surface area contributed by atoms with Gasteiger partial charge in [0.15, 0.2) is 5.82 Å². The van der Waals surface area contributed by atoms with Gasteiger partial charge >= 0.3 is 0 Å². The molecule has 0 spiro atoms. The summed E-state index contributed by atoms with van der Waals surface area (Å²) in [5.41, 5.74) is 2.74. The number of hydrogen-bond acceptors (Lipinski definition) is 5. The third kappa shape index (κ3) is 3.97. The van der Waals surface area contributed by atoms with Gasteiger partial charge in [0.2, 0.25) is 5.95 Å². The molecule has 0 saturated heterocycles. The largest absolute Gasteiger partial charge is 0.339 e. The topological polar surface area (TPSA) is 62.7 Å². The third-order valence-electron chi connectivity index (χ3n) is 3.37. The average molecular weight is 344 g/mol. The van der Waals surface area contributed by atoms with Crippen LogP contribution in [-0.4, -0.2) is 15.2 Å². The van der Waals surface area contributed by atoms with Crippen molar-refractivity contribution in [3.8, 4) is 0 Å². The number of nitrogens with one attached hydrogen (secondary N) is 2. The molecule has 122 valence electrons. The number of aryl methyl sites for hydroxylation is 1. The van der Waals surface area contributed by atoms with E-state index in [1.54, 1.807) is 6.07 Å². The van der Waals surface area contributed by atoms with E-state index in [0.29, 0.717) is 11.5 Å². The predicted octanol–water partition coefficient (Wildman–Crippen LogP) is 4.71. The van der Waals surface area contributed by atoms with Gasteiger partial charge in [0.05, 0.1) is 11.2 Å². The van der Waals surface area contributed by atoms with Crippen LogP contribution in [0.1, 0.15) is 12.5 Å². The Kier molecular flexibility index (Phi) is 4.86. The molecule has 5 nitrogen and oxygen atoms in total. The lowest BCUT2D eigenvalue weighted by Crippen LogP contribution is -2.02. The molecule has 0 saturated carbocycles. The summed E-state index contributed by atoms with van der Waals surface area (Å²) in [5, 5.41) is 13.9. The highest BCUT2D eigenvalue weighted by atomic mass is 35.5. The standard InChI is InChI=1S/C17H15ClFN5/c1-2-11-3-5-12(6-4-11)21-16-10-20-24-17(23-16)22-13-7-8-15(19)14(18)9-13/h3-10H,2H2,1H3,(H2,21,22,23,24). The van der Waals surface area contributed by atoms with E-state index < -0.39 is 5.82 Å². The first kappa shape index (κ1) is 16.1. The molecule has 0 fully saturated rings. The highest BCUT2D eigenvalue weighted by molar-refractivity contribution is 6.31. The molecule has 0 unspecified atom stereocenters. The Morgan fingerprint density at radius 3 is 2.50 bits per heavy atom. The number of anilines is 4. The van der Waals surface area contributed by atoms with Crippen LogP contribution in [0, 0.1) is 5.82 Å². The molecule has 7 heteroatoms. The Balaban J connectivity index is 1.74. The number of benzene rings is 2. The second kappa shape index (κ2) is 7.23. The summed E-state index contributed by atoms with van der Waals surface area (Å²) in [7, 11) is 0. The molecule has 0 bridgehead atoms. The number of aromatic nitrogens is 3. The van der Waals surface area contributed by atoms with E-state index in [1.165, 1.54) is 23.9 Å². The summed E-state index contributed by atoms with van der Waals surface area (Å²) in [4.78, 5) is 4.33. The molecule has 0 aliphatic rings. The summed E-state index contributed by atoms with van der Waals surface area (Å²) in [6.07, 6.45) is 2.51. The van der Waals surface area contributed by atoms with Gasteiger partial charge in [-0.3, -0.25) is 0 Å². The molecule has 2 N–H and O–H groups in total. The minimum atomic E-state index is -0.479. The van der Waals surface area contributed by atoms with Crippen LogP contribution in [0.3, 0.4) is 0 Å². The monoisotopic (exact) mass is 343 g/mol. The van der Waals surface area contributed by atoms with Gasteiger partial charge in [0.25, 0.3) is 0 Å². The average Bonchev–Trinajstić information content (AvgIpc) is 2.59. The van der Waals surface area contributed by atoms with E-state index in [9.17, 15) is 4.39 Å². The quantitative estimate of drug-likeness (QED) is 0.702. The zero-order valence-electron chi connectivity index (χ0n) is 12.9. The maximum Gasteiger partial charge on any atom is 0.249 e. The Labute approximate surface area is 143 Å². The minimum absolute atomic E-state index is 0.0262. The van der Waals surface area contributed by atoms with Crippen LogP contribution < -0.4 is 10.6 Å². The van der Waals surface area contributed by atoms with Gasteiger partial charge in [-0.1, -0.05) is 30.7 Å².